The highest BCUT2D eigenvalue weighted by atomic mass is 32.2. The van der Waals surface area contributed by atoms with Gasteiger partial charge >= 0.3 is 0 Å². The highest BCUT2D eigenvalue weighted by Gasteiger charge is 2.35. The van der Waals surface area contributed by atoms with Crippen molar-refractivity contribution in [2.45, 2.75) is 23.1 Å². The zero-order chi connectivity index (χ0) is 14.2. The van der Waals surface area contributed by atoms with Gasteiger partial charge in [-0.2, -0.15) is 0 Å². The Balaban J connectivity index is 2.15. The molecule has 3 rings (SSSR count). The summed E-state index contributed by atoms with van der Waals surface area (Å²) in [4.78, 5) is 0. The Hall–Kier alpha value is -1.37. The molecule has 1 aromatic heterocycles. The molecule has 1 atom stereocenters. The third-order valence-corrected chi connectivity index (χ3v) is 6.83. The lowest BCUT2D eigenvalue weighted by atomic mass is 9.98. The molecule has 0 bridgehead atoms. The molecule has 0 saturated heterocycles. The molecule has 106 valence electrons. The summed E-state index contributed by atoms with van der Waals surface area (Å²) < 4.78 is 27.6. The van der Waals surface area contributed by atoms with Crippen molar-refractivity contribution >= 4 is 27.0 Å². The molecule has 4 nitrogen and oxygen atoms in total. The molecule has 0 aliphatic carbocycles. The Bertz CT molecular complexity index is 696. The minimum atomic E-state index is -3.52. The molecule has 2 N–H and O–H groups in total. The summed E-state index contributed by atoms with van der Waals surface area (Å²) in [5, 5.41) is 1.78. The molecular formula is C14H16N2O2S2. The van der Waals surface area contributed by atoms with Crippen molar-refractivity contribution < 1.29 is 8.42 Å². The SMILES string of the molecule is NCC1CCc2ccccc2N1S(=O)(=O)c1cccs1. The van der Waals surface area contributed by atoms with E-state index in [9.17, 15) is 8.42 Å². The number of para-hydroxylation sites is 1. The molecule has 1 aromatic carbocycles. The second kappa shape index (κ2) is 5.20. The van der Waals surface area contributed by atoms with Gasteiger partial charge < -0.3 is 5.73 Å². The van der Waals surface area contributed by atoms with E-state index in [0.29, 0.717) is 10.8 Å². The first kappa shape index (κ1) is 13.6. The van der Waals surface area contributed by atoms with Crippen LogP contribution >= 0.6 is 11.3 Å². The molecule has 0 saturated carbocycles. The first-order chi connectivity index (χ1) is 9.64. The highest BCUT2D eigenvalue weighted by molar-refractivity contribution is 7.94. The molecule has 6 heteroatoms. The van der Waals surface area contributed by atoms with Gasteiger partial charge in [-0.15, -0.1) is 11.3 Å². The van der Waals surface area contributed by atoms with Crippen LogP contribution < -0.4 is 10.0 Å². The molecule has 1 aliphatic heterocycles. The van der Waals surface area contributed by atoms with Crippen molar-refractivity contribution in [3.05, 3.63) is 47.3 Å². The average Bonchev–Trinajstić information content (AvgIpc) is 3.00. The third-order valence-electron chi connectivity index (χ3n) is 3.59. The average molecular weight is 308 g/mol. The monoisotopic (exact) mass is 308 g/mol. The van der Waals surface area contributed by atoms with Crippen LogP contribution in [-0.4, -0.2) is 21.0 Å². The Morgan fingerprint density at radius 1 is 1.25 bits per heavy atom. The van der Waals surface area contributed by atoms with Crippen molar-refractivity contribution in [3.8, 4) is 0 Å². The highest BCUT2D eigenvalue weighted by Crippen LogP contribution is 2.35. The first-order valence-corrected chi connectivity index (χ1v) is 8.82. The summed E-state index contributed by atoms with van der Waals surface area (Å²) >= 11 is 1.24. The number of thiophene rings is 1. The Morgan fingerprint density at radius 2 is 2.05 bits per heavy atom. The van der Waals surface area contributed by atoms with Gasteiger partial charge in [-0.05, 0) is 35.9 Å². The summed E-state index contributed by atoms with van der Waals surface area (Å²) in [7, 11) is -3.52. The lowest BCUT2D eigenvalue weighted by Gasteiger charge is -2.36. The van der Waals surface area contributed by atoms with E-state index in [0.717, 1.165) is 24.1 Å². The standard InChI is InChI=1S/C14H16N2O2S2/c15-10-12-8-7-11-4-1-2-5-13(11)16(12)20(17,18)14-6-3-9-19-14/h1-6,9,12H,7-8,10,15H2. The minimum absolute atomic E-state index is 0.169. The van der Waals surface area contributed by atoms with E-state index in [-0.39, 0.29) is 6.04 Å². The number of hydrogen-bond acceptors (Lipinski definition) is 4. The number of benzene rings is 1. The second-order valence-electron chi connectivity index (χ2n) is 4.79. The zero-order valence-electron chi connectivity index (χ0n) is 10.9. The van der Waals surface area contributed by atoms with Crippen LogP contribution in [0.1, 0.15) is 12.0 Å². The number of anilines is 1. The maximum absolute atomic E-state index is 12.9. The number of aryl methyl sites for hydroxylation is 1. The van der Waals surface area contributed by atoms with Gasteiger partial charge in [0.15, 0.2) is 0 Å². The van der Waals surface area contributed by atoms with Gasteiger partial charge in [0.05, 0.1) is 11.7 Å². The predicted octanol–water partition coefficient (Wildman–Crippen LogP) is 2.22. The number of sulfonamides is 1. The zero-order valence-corrected chi connectivity index (χ0v) is 12.5. The minimum Gasteiger partial charge on any atom is -0.328 e. The smallest absolute Gasteiger partial charge is 0.274 e. The molecule has 0 fully saturated rings. The fraction of sp³-hybridized carbons (Fsp3) is 0.286. The maximum Gasteiger partial charge on any atom is 0.274 e. The molecule has 2 aromatic rings. The Labute approximate surface area is 122 Å². The lowest BCUT2D eigenvalue weighted by molar-refractivity contribution is 0.551. The fourth-order valence-electron chi connectivity index (χ4n) is 2.62. The van der Waals surface area contributed by atoms with Gasteiger partial charge in [0, 0.05) is 6.54 Å². The van der Waals surface area contributed by atoms with E-state index in [1.54, 1.807) is 17.5 Å². The van der Waals surface area contributed by atoms with Crippen LogP contribution in [0, 0.1) is 0 Å². The molecule has 1 unspecified atom stereocenters. The van der Waals surface area contributed by atoms with E-state index in [2.05, 4.69) is 0 Å². The van der Waals surface area contributed by atoms with Crippen LogP contribution in [0.3, 0.4) is 0 Å². The van der Waals surface area contributed by atoms with E-state index in [1.807, 2.05) is 24.3 Å². The van der Waals surface area contributed by atoms with Crippen LogP contribution in [0.25, 0.3) is 0 Å². The van der Waals surface area contributed by atoms with Crippen molar-refractivity contribution in [2.24, 2.45) is 5.73 Å². The maximum atomic E-state index is 12.9. The lowest BCUT2D eigenvalue weighted by Crippen LogP contribution is -2.47. The first-order valence-electron chi connectivity index (χ1n) is 6.50. The van der Waals surface area contributed by atoms with Crippen LogP contribution in [0.5, 0.6) is 0 Å². The van der Waals surface area contributed by atoms with Crippen LogP contribution in [0.2, 0.25) is 0 Å². The van der Waals surface area contributed by atoms with Crippen molar-refractivity contribution in [2.75, 3.05) is 10.8 Å². The molecule has 1 aliphatic rings. The fourth-order valence-corrected chi connectivity index (χ4v) is 5.43. The van der Waals surface area contributed by atoms with Gasteiger partial charge in [0.1, 0.15) is 4.21 Å². The van der Waals surface area contributed by atoms with Crippen molar-refractivity contribution in [1.29, 1.82) is 0 Å². The number of fused-ring (bicyclic) bond motifs is 1. The van der Waals surface area contributed by atoms with Crippen LogP contribution in [0.4, 0.5) is 5.69 Å². The van der Waals surface area contributed by atoms with Gasteiger partial charge in [0.2, 0.25) is 0 Å². The summed E-state index contributed by atoms with van der Waals surface area (Å²) in [5.74, 6) is 0. The van der Waals surface area contributed by atoms with Crippen LogP contribution in [-0.2, 0) is 16.4 Å². The van der Waals surface area contributed by atoms with Gasteiger partial charge in [-0.25, -0.2) is 8.42 Å². The van der Waals surface area contributed by atoms with Gasteiger partial charge in [-0.3, -0.25) is 4.31 Å². The second-order valence-corrected chi connectivity index (χ2v) is 7.78. The molecule has 0 amide bonds. The molecule has 20 heavy (non-hydrogen) atoms. The van der Waals surface area contributed by atoms with E-state index in [4.69, 9.17) is 5.73 Å². The number of rotatable bonds is 3. The van der Waals surface area contributed by atoms with E-state index < -0.39 is 10.0 Å². The number of nitrogens with two attached hydrogens (primary N) is 1. The number of hydrogen-bond donors (Lipinski definition) is 1. The normalized spacial score (nSPS) is 18.9. The molecule has 0 radical (unpaired) electrons. The van der Waals surface area contributed by atoms with Crippen molar-refractivity contribution in [1.82, 2.24) is 0 Å². The number of nitrogens with zero attached hydrogens (tertiary/aromatic N) is 1. The largest absolute Gasteiger partial charge is 0.328 e. The van der Waals surface area contributed by atoms with E-state index in [1.165, 1.54) is 15.6 Å². The Kier molecular flexibility index (Phi) is 3.54. The predicted molar refractivity (Wildman–Crippen MR) is 81.6 cm³/mol. The molecule has 0 spiro atoms. The van der Waals surface area contributed by atoms with Gasteiger partial charge in [-0.1, -0.05) is 24.3 Å². The summed E-state index contributed by atoms with van der Waals surface area (Å²) in [6, 6.07) is 10.9. The topological polar surface area (TPSA) is 63.4 Å². The van der Waals surface area contributed by atoms with Gasteiger partial charge in [0.25, 0.3) is 10.0 Å². The molecule has 2 heterocycles. The summed E-state index contributed by atoms with van der Waals surface area (Å²) in [6.07, 6.45) is 1.63. The van der Waals surface area contributed by atoms with E-state index >= 15 is 0 Å². The van der Waals surface area contributed by atoms with Crippen molar-refractivity contribution in [3.63, 3.8) is 0 Å². The third kappa shape index (κ3) is 2.13. The summed E-state index contributed by atoms with van der Waals surface area (Å²) in [6.45, 7) is 0.332. The summed E-state index contributed by atoms with van der Waals surface area (Å²) in [5.41, 5.74) is 7.63. The van der Waals surface area contributed by atoms with Crippen LogP contribution in [0.15, 0.2) is 46.0 Å². The molecular weight excluding hydrogens is 292 g/mol. The quantitative estimate of drug-likeness (QED) is 0.945. The Morgan fingerprint density at radius 3 is 2.75 bits per heavy atom.